The van der Waals surface area contributed by atoms with Crippen LogP contribution in [0.25, 0.3) is 11.0 Å². The zero-order valence-electron chi connectivity index (χ0n) is 11.8. The number of nitrogens with one attached hydrogen (secondary N) is 1. The van der Waals surface area contributed by atoms with Gasteiger partial charge in [0.05, 0.1) is 17.2 Å². The third kappa shape index (κ3) is 2.17. The second-order valence-electron chi connectivity index (χ2n) is 5.87. The molecule has 5 heteroatoms. The first-order valence-corrected chi connectivity index (χ1v) is 7.56. The van der Waals surface area contributed by atoms with Gasteiger partial charge in [0.15, 0.2) is 0 Å². The Kier molecular flexibility index (Phi) is 3.07. The summed E-state index contributed by atoms with van der Waals surface area (Å²) in [5.74, 6) is 0.614. The molecule has 2 aliphatic heterocycles. The zero-order valence-corrected chi connectivity index (χ0v) is 11.8. The summed E-state index contributed by atoms with van der Waals surface area (Å²) in [6.07, 6.45) is 3.90. The van der Waals surface area contributed by atoms with E-state index in [4.69, 9.17) is 0 Å². The van der Waals surface area contributed by atoms with Crippen LogP contribution in [0.4, 0.5) is 0 Å². The molecule has 4 rings (SSSR count). The van der Waals surface area contributed by atoms with Crippen LogP contribution in [0.15, 0.2) is 30.5 Å². The van der Waals surface area contributed by atoms with Crippen LogP contribution in [0.2, 0.25) is 0 Å². The number of nitrogens with zero attached hydrogens (tertiary/aromatic N) is 3. The number of piperidine rings is 1. The van der Waals surface area contributed by atoms with E-state index < -0.39 is 0 Å². The fourth-order valence-electron chi connectivity index (χ4n) is 3.53. The van der Waals surface area contributed by atoms with Gasteiger partial charge in [-0.2, -0.15) is 0 Å². The second-order valence-corrected chi connectivity index (χ2v) is 5.87. The van der Waals surface area contributed by atoms with Gasteiger partial charge in [-0.25, -0.2) is 4.98 Å². The third-order valence-electron chi connectivity index (χ3n) is 4.61. The van der Waals surface area contributed by atoms with Gasteiger partial charge in [0.1, 0.15) is 5.69 Å². The Bertz CT molecular complexity index is 687. The second kappa shape index (κ2) is 5.07. The summed E-state index contributed by atoms with van der Waals surface area (Å²) in [5.41, 5.74) is 2.07. The Morgan fingerprint density at radius 3 is 3.00 bits per heavy atom. The number of hydrogen-bond donors (Lipinski definition) is 1. The lowest BCUT2D eigenvalue weighted by molar-refractivity contribution is 0.0568. The SMILES string of the molecule is O=C(c1cnc2ccccc2n1)N1CCCC2CNCC21. The Balaban J connectivity index is 1.66. The summed E-state index contributed by atoms with van der Waals surface area (Å²) in [7, 11) is 0. The largest absolute Gasteiger partial charge is 0.333 e. The molecule has 0 radical (unpaired) electrons. The number of likely N-dealkylation sites (tertiary alicyclic amines) is 1. The molecule has 2 fully saturated rings. The van der Waals surface area contributed by atoms with Crippen LogP contribution in [0.5, 0.6) is 0 Å². The van der Waals surface area contributed by atoms with E-state index in [0.29, 0.717) is 17.7 Å². The van der Waals surface area contributed by atoms with Gasteiger partial charge in [-0.15, -0.1) is 0 Å². The third-order valence-corrected chi connectivity index (χ3v) is 4.61. The minimum Gasteiger partial charge on any atom is -0.333 e. The monoisotopic (exact) mass is 282 g/mol. The Hall–Kier alpha value is -2.01. The number of fused-ring (bicyclic) bond motifs is 2. The lowest BCUT2D eigenvalue weighted by Crippen LogP contribution is -2.48. The molecular formula is C16H18N4O. The molecule has 5 nitrogen and oxygen atoms in total. The number of amides is 1. The number of para-hydroxylation sites is 2. The van der Waals surface area contributed by atoms with Gasteiger partial charge in [0, 0.05) is 25.7 Å². The zero-order chi connectivity index (χ0) is 14.2. The van der Waals surface area contributed by atoms with Crippen LogP contribution < -0.4 is 5.32 Å². The molecule has 3 heterocycles. The van der Waals surface area contributed by atoms with Crippen molar-refractivity contribution in [2.45, 2.75) is 18.9 Å². The quantitative estimate of drug-likeness (QED) is 0.860. The summed E-state index contributed by atoms with van der Waals surface area (Å²) in [6, 6.07) is 7.98. The molecule has 0 aliphatic carbocycles. The van der Waals surface area contributed by atoms with Gasteiger partial charge in [0.2, 0.25) is 0 Å². The van der Waals surface area contributed by atoms with Crippen LogP contribution in [-0.4, -0.2) is 46.5 Å². The Labute approximate surface area is 123 Å². The summed E-state index contributed by atoms with van der Waals surface area (Å²) < 4.78 is 0. The molecule has 0 bridgehead atoms. The van der Waals surface area contributed by atoms with E-state index in [1.807, 2.05) is 29.2 Å². The summed E-state index contributed by atoms with van der Waals surface area (Å²) in [6.45, 7) is 2.76. The van der Waals surface area contributed by atoms with Crippen LogP contribution in [0.1, 0.15) is 23.3 Å². The van der Waals surface area contributed by atoms with E-state index in [1.165, 1.54) is 6.42 Å². The van der Waals surface area contributed by atoms with Crippen molar-refractivity contribution in [3.63, 3.8) is 0 Å². The first kappa shape index (κ1) is 12.7. The standard InChI is InChI=1S/C16H18N4O/c21-16(20-7-3-4-11-8-17-10-15(11)20)14-9-18-12-5-1-2-6-13(12)19-14/h1-2,5-6,9,11,15,17H,3-4,7-8,10H2. The van der Waals surface area contributed by atoms with E-state index >= 15 is 0 Å². The average molecular weight is 282 g/mol. The topological polar surface area (TPSA) is 58.1 Å². The molecule has 108 valence electrons. The number of aromatic nitrogens is 2. The van der Waals surface area contributed by atoms with Gasteiger partial charge < -0.3 is 10.2 Å². The van der Waals surface area contributed by atoms with Crippen molar-refractivity contribution in [3.8, 4) is 0 Å². The van der Waals surface area contributed by atoms with Gasteiger partial charge in [-0.05, 0) is 30.9 Å². The molecule has 2 aromatic rings. The lowest BCUT2D eigenvalue weighted by Gasteiger charge is -2.36. The van der Waals surface area contributed by atoms with Crippen molar-refractivity contribution in [1.29, 1.82) is 0 Å². The number of benzene rings is 1. The van der Waals surface area contributed by atoms with E-state index in [9.17, 15) is 4.79 Å². The lowest BCUT2D eigenvalue weighted by atomic mass is 9.92. The maximum atomic E-state index is 12.8. The molecule has 1 N–H and O–H groups in total. The highest BCUT2D eigenvalue weighted by atomic mass is 16.2. The molecule has 2 saturated heterocycles. The van der Waals surface area contributed by atoms with E-state index in [1.54, 1.807) is 6.20 Å². The molecule has 2 unspecified atom stereocenters. The fourth-order valence-corrected chi connectivity index (χ4v) is 3.53. The summed E-state index contributed by atoms with van der Waals surface area (Å²) in [5, 5.41) is 3.40. The summed E-state index contributed by atoms with van der Waals surface area (Å²) >= 11 is 0. The minimum atomic E-state index is 0.0200. The fraction of sp³-hybridized carbons (Fsp3) is 0.438. The summed E-state index contributed by atoms with van der Waals surface area (Å²) in [4.78, 5) is 23.6. The number of rotatable bonds is 1. The van der Waals surface area contributed by atoms with Crippen molar-refractivity contribution in [1.82, 2.24) is 20.2 Å². The van der Waals surface area contributed by atoms with Crippen molar-refractivity contribution >= 4 is 16.9 Å². The highest BCUT2D eigenvalue weighted by Crippen LogP contribution is 2.27. The predicted octanol–water partition coefficient (Wildman–Crippen LogP) is 1.45. The highest BCUT2D eigenvalue weighted by molar-refractivity contribution is 5.94. The number of hydrogen-bond acceptors (Lipinski definition) is 4. The highest BCUT2D eigenvalue weighted by Gasteiger charge is 2.38. The average Bonchev–Trinajstić information content (AvgIpc) is 3.02. The smallest absolute Gasteiger partial charge is 0.274 e. The van der Waals surface area contributed by atoms with Crippen molar-refractivity contribution < 1.29 is 4.79 Å². The van der Waals surface area contributed by atoms with E-state index in [0.717, 1.165) is 37.1 Å². The van der Waals surface area contributed by atoms with Crippen LogP contribution in [-0.2, 0) is 0 Å². The van der Waals surface area contributed by atoms with Crippen molar-refractivity contribution in [2.24, 2.45) is 5.92 Å². The Morgan fingerprint density at radius 1 is 1.24 bits per heavy atom. The number of carbonyl (C=O) groups excluding carboxylic acids is 1. The van der Waals surface area contributed by atoms with Crippen LogP contribution in [0.3, 0.4) is 0 Å². The molecule has 0 spiro atoms. The maximum absolute atomic E-state index is 12.8. The Morgan fingerprint density at radius 2 is 2.10 bits per heavy atom. The van der Waals surface area contributed by atoms with Crippen LogP contribution in [0, 0.1) is 5.92 Å². The van der Waals surface area contributed by atoms with Crippen molar-refractivity contribution in [3.05, 3.63) is 36.2 Å². The minimum absolute atomic E-state index is 0.0200. The maximum Gasteiger partial charge on any atom is 0.274 e. The molecule has 1 aromatic carbocycles. The number of carbonyl (C=O) groups is 1. The molecule has 21 heavy (non-hydrogen) atoms. The molecule has 1 amide bonds. The van der Waals surface area contributed by atoms with E-state index in [2.05, 4.69) is 15.3 Å². The van der Waals surface area contributed by atoms with Gasteiger partial charge in [0.25, 0.3) is 5.91 Å². The first-order valence-electron chi connectivity index (χ1n) is 7.56. The predicted molar refractivity (Wildman–Crippen MR) is 80.0 cm³/mol. The van der Waals surface area contributed by atoms with Gasteiger partial charge in [-0.3, -0.25) is 9.78 Å². The first-order chi connectivity index (χ1) is 10.3. The molecular weight excluding hydrogens is 264 g/mol. The van der Waals surface area contributed by atoms with Crippen LogP contribution >= 0.6 is 0 Å². The van der Waals surface area contributed by atoms with Gasteiger partial charge in [-0.1, -0.05) is 12.1 Å². The van der Waals surface area contributed by atoms with Gasteiger partial charge >= 0.3 is 0 Å². The molecule has 0 saturated carbocycles. The molecule has 1 aromatic heterocycles. The normalized spacial score (nSPS) is 25.0. The molecule has 2 atom stereocenters. The van der Waals surface area contributed by atoms with E-state index in [-0.39, 0.29) is 5.91 Å². The van der Waals surface area contributed by atoms with Crippen molar-refractivity contribution in [2.75, 3.05) is 19.6 Å². The molecule has 2 aliphatic rings.